The fourth-order valence-corrected chi connectivity index (χ4v) is 2.04. The summed E-state index contributed by atoms with van der Waals surface area (Å²) in [6.45, 7) is -0.325. The quantitative estimate of drug-likeness (QED) is 0.296. The van der Waals surface area contributed by atoms with Crippen LogP contribution in [0.5, 0.6) is 0 Å². The SMILES string of the molecule is N[C@]1([C@](O)(C(=O)O)C(O)C(=O)O)C=CC(CO)C1. The van der Waals surface area contributed by atoms with E-state index in [0.717, 1.165) is 6.08 Å². The van der Waals surface area contributed by atoms with Gasteiger partial charge in [0.25, 0.3) is 0 Å². The van der Waals surface area contributed by atoms with Crippen molar-refractivity contribution in [3.8, 4) is 0 Å². The maximum Gasteiger partial charge on any atom is 0.341 e. The van der Waals surface area contributed by atoms with E-state index < -0.39 is 35.1 Å². The Balaban J connectivity index is 3.18. The fraction of sp³-hybridized carbons (Fsp3) is 0.600. The van der Waals surface area contributed by atoms with Gasteiger partial charge in [-0.15, -0.1) is 0 Å². The van der Waals surface area contributed by atoms with Crippen molar-refractivity contribution in [2.24, 2.45) is 11.7 Å². The van der Waals surface area contributed by atoms with Crippen LogP contribution in [0.2, 0.25) is 0 Å². The molecular weight excluding hydrogens is 246 g/mol. The van der Waals surface area contributed by atoms with Crippen molar-refractivity contribution in [1.82, 2.24) is 0 Å². The normalized spacial score (nSPS) is 31.9. The Morgan fingerprint density at radius 1 is 1.50 bits per heavy atom. The highest BCUT2D eigenvalue weighted by Crippen LogP contribution is 2.36. The lowest BCUT2D eigenvalue weighted by molar-refractivity contribution is -0.192. The van der Waals surface area contributed by atoms with Crippen LogP contribution in [0.25, 0.3) is 0 Å². The van der Waals surface area contributed by atoms with Gasteiger partial charge in [-0.2, -0.15) is 0 Å². The molecule has 0 aliphatic heterocycles. The Kier molecular flexibility index (Phi) is 3.77. The van der Waals surface area contributed by atoms with Crippen LogP contribution < -0.4 is 5.73 Å². The summed E-state index contributed by atoms with van der Waals surface area (Å²) in [7, 11) is 0. The van der Waals surface area contributed by atoms with Crippen LogP contribution in [0, 0.1) is 5.92 Å². The maximum absolute atomic E-state index is 11.1. The minimum Gasteiger partial charge on any atom is -0.479 e. The van der Waals surface area contributed by atoms with Crippen molar-refractivity contribution in [3.63, 3.8) is 0 Å². The minimum atomic E-state index is -3.07. The summed E-state index contributed by atoms with van der Waals surface area (Å²) >= 11 is 0. The van der Waals surface area contributed by atoms with Gasteiger partial charge in [0, 0.05) is 12.5 Å². The topological polar surface area (TPSA) is 161 Å². The van der Waals surface area contributed by atoms with Crippen LogP contribution >= 0.6 is 0 Å². The molecule has 1 aliphatic carbocycles. The summed E-state index contributed by atoms with van der Waals surface area (Å²) < 4.78 is 0. The molecule has 0 fully saturated rings. The molecule has 0 radical (unpaired) electrons. The van der Waals surface area contributed by atoms with E-state index in [-0.39, 0.29) is 13.0 Å². The molecule has 102 valence electrons. The average molecular weight is 261 g/mol. The Bertz CT molecular complexity index is 396. The molecule has 8 nitrogen and oxygen atoms in total. The fourth-order valence-electron chi connectivity index (χ4n) is 2.04. The summed E-state index contributed by atoms with van der Waals surface area (Å²) in [5, 5.41) is 46.0. The molecule has 4 atom stereocenters. The second kappa shape index (κ2) is 4.65. The number of aliphatic carboxylic acids is 2. The number of carboxylic acids is 2. The molecule has 7 N–H and O–H groups in total. The maximum atomic E-state index is 11.1. The van der Waals surface area contributed by atoms with Crippen molar-refractivity contribution >= 4 is 11.9 Å². The van der Waals surface area contributed by atoms with Gasteiger partial charge in [-0.3, -0.25) is 0 Å². The monoisotopic (exact) mass is 261 g/mol. The third-order valence-electron chi connectivity index (χ3n) is 3.17. The number of nitrogens with two attached hydrogens (primary N) is 1. The molecule has 0 bridgehead atoms. The second-order valence-corrected chi connectivity index (χ2v) is 4.36. The first-order chi connectivity index (χ1) is 8.19. The third kappa shape index (κ3) is 1.99. The van der Waals surface area contributed by atoms with E-state index in [1.54, 1.807) is 0 Å². The molecule has 0 aromatic rings. The van der Waals surface area contributed by atoms with E-state index in [4.69, 9.17) is 21.1 Å². The molecule has 0 aromatic heterocycles. The van der Waals surface area contributed by atoms with E-state index in [2.05, 4.69) is 0 Å². The molecule has 1 aliphatic rings. The predicted octanol–water partition coefficient (Wildman–Crippen LogP) is -2.49. The van der Waals surface area contributed by atoms with Crippen LogP contribution in [0.15, 0.2) is 12.2 Å². The highest BCUT2D eigenvalue weighted by atomic mass is 16.4. The van der Waals surface area contributed by atoms with Crippen LogP contribution in [-0.4, -0.2) is 61.3 Å². The van der Waals surface area contributed by atoms with Crippen molar-refractivity contribution in [2.45, 2.75) is 23.7 Å². The van der Waals surface area contributed by atoms with Gasteiger partial charge in [0.05, 0.1) is 5.54 Å². The number of rotatable bonds is 5. The highest BCUT2D eigenvalue weighted by Gasteiger charge is 2.61. The first-order valence-corrected chi connectivity index (χ1v) is 5.14. The largest absolute Gasteiger partial charge is 0.479 e. The molecule has 8 heteroatoms. The van der Waals surface area contributed by atoms with E-state index in [0.29, 0.717) is 0 Å². The Hall–Kier alpha value is -1.48. The van der Waals surface area contributed by atoms with Gasteiger partial charge in [0.2, 0.25) is 5.60 Å². The second-order valence-electron chi connectivity index (χ2n) is 4.36. The van der Waals surface area contributed by atoms with Crippen LogP contribution in [0.4, 0.5) is 0 Å². The summed E-state index contributed by atoms with van der Waals surface area (Å²) in [6.07, 6.45) is -0.282. The summed E-state index contributed by atoms with van der Waals surface area (Å²) in [6, 6.07) is 0. The van der Waals surface area contributed by atoms with Gasteiger partial charge in [-0.25, -0.2) is 9.59 Å². The first-order valence-electron chi connectivity index (χ1n) is 5.14. The zero-order valence-corrected chi connectivity index (χ0v) is 9.35. The molecular formula is C10H15NO7. The van der Waals surface area contributed by atoms with Gasteiger partial charge in [0.1, 0.15) is 0 Å². The molecule has 0 saturated heterocycles. The zero-order chi connectivity index (χ0) is 14.1. The van der Waals surface area contributed by atoms with E-state index in [9.17, 15) is 19.8 Å². The first kappa shape index (κ1) is 14.6. The van der Waals surface area contributed by atoms with Crippen LogP contribution in [0.3, 0.4) is 0 Å². The summed E-state index contributed by atoms with van der Waals surface area (Å²) in [4.78, 5) is 21.8. The molecule has 1 rings (SSSR count). The molecule has 0 saturated carbocycles. The number of carbonyl (C=O) groups is 2. The lowest BCUT2D eigenvalue weighted by Gasteiger charge is -2.39. The number of carboxylic acid groups (broad SMARTS) is 2. The van der Waals surface area contributed by atoms with Crippen molar-refractivity contribution in [2.75, 3.05) is 6.61 Å². The standard InChI is InChI=1S/C10H15NO7/c11-9(2-1-5(3-9)4-12)10(18,8(16)17)6(13)7(14)15/h1-2,5-6,12-13,18H,3-4,11H2,(H,14,15)(H,16,17)/t5?,6?,9-,10-/m1/s1. The van der Waals surface area contributed by atoms with Crippen molar-refractivity contribution in [3.05, 3.63) is 12.2 Å². The molecule has 0 spiro atoms. The number of hydrogen-bond acceptors (Lipinski definition) is 6. The Labute approximate surface area is 102 Å². The zero-order valence-electron chi connectivity index (χ0n) is 9.35. The lowest BCUT2D eigenvalue weighted by atomic mass is 9.75. The average Bonchev–Trinajstić information content (AvgIpc) is 2.70. The van der Waals surface area contributed by atoms with Gasteiger partial charge < -0.3 is 31.3 Å². The van der Waals surface area contributed by atoms with Gasteiger partial charge in [-0.1, -0.05) is 12.2 Å². The molecule has 2 unspecified atom stereocenters. The van der Waals surface area contributed by atoms with Crippen LogP contribution in [0.1, 0.15) is 6.42 Å². The van der Waals surface area contributed by atoms with E-state index in [1.807, 2.05) is 0 Å². The molecule has 0 amide bonds. The lowest BCUT2D eigenvalue weighted by Crippen LogP contribution is -2.70. The van der Waals surface area contributed by atoms with E-state index in [1.165, 1.54) is 6.08 Å². The smallest absolute Gasteiger partial charge is 0.341 e. The summed E-state index contributed by atoms with van der Waals surface area (Å²) in [5.41, 5.74) is 0.653. The molecule has 0 aromatic carbocycles. The van der Waals surface area contributed by atoms with Crippen molar-refractivity contribution < 1.29 is 35.1 Å². The van der Waals surface area contributed by atoms with Gasteiger partial charge in [-0.05, 0) is 6.42 Å². The third-order valence-corrected chi connectivity index (χ3v) is 3.17. The van der Waals surface area contributed by atoms with Crippen LogP contribution in [-0.2, 0) is 9.59 Å². The number of hydrogen-bond donors (Lipinski definition) is 6. The number of aliphatic hydroxyl groups is 3. The van der Waals surface area contributed by atoms with Crippen molar-refractivity contribution in [1.29, 1.82) is 0 Å². The number of aliphatic hydroxyl groups excluding tert-OH is 2. The van der Waals surface area contributed by atoms with E-state index >= 15 is 0 Å². The Morgan fingerprint density at radius 2 is 2.06 bits per heavy atom. The highest BCUT2D eigenvalue weighted by molar-refractivity contribution is 5.89. The predicted molar refractivity (Wildman–Crippen MR) is 57.5 cm³/mol. The molecule has 18 heavy (non-hydrogen) atoms. The van der Waals surface area contributed by atoms with Gasteiger partial charge in [0.15, 0.2) is 6.10 Å². The molecule has 0 heterocycles. The minimum absolute atomic E-state index is 0.184. The Morgan fingerprint density at radius 3 is 2.39 bits per heavy atom. The summed E-state index contributed by atoms with van der Waals surface area (Å²) in [5.74, 6) is -4.34. The van der Waals surface area contributed by atoms with Gasteiger partial charge >= 0.3 is 11.9 Å².